The van der Waals surface area contributed by atoms with Crippen molar-refractivity contribution in [3.05, 3.63) is 200 Å². The summed E-state index contributed by atoms with van der Waals surface area (Å²) in [6.45, 7) is 5.39. The number of amides is 1. The molecule has 0 radical (unpaired) electrons. The molecule has 5 aromatic carbocycles. The van der Waals surface area contributed by atoms with Gasteiger partial charge in [0.2, 0.25) is 0 Å². The minimum absolute atomic E-state index is 0.00438. The second kappa shape index (κ2) is 29.9. The highest BCUT2D eigenvalue weighted by Gasteiger charge is 2.58. The van der Waals surface area contributed by atoms with Crippen LogP contribution in [0, 0.1) is 5.41 Å². The SMILES string of the molecule is CC(=O)OC[C@H]1O[C@@H](O[C@H]2[C@H](OCc3ccccc3)[C@@H](N=[N+]=[N-])[C@@H]3OC[C@H]2O3)[C@H](N=[N+]=[N-])[C@@H](OCc2ccccc2)[C@@H]1O[C@@H]1O[C@H](COC(=O)C(C)(C)C)[C@@H](OCc2ccccc2)[C@H](OCc2ccccc2)[C@H]1NC(=O)OCc1ccccc1. The number of alkyl carbamates (subject to hydrolysis) is 1. The van der Waals surface area contributed by atoms with E-state index in [1.165, 1.54) is 6.92 Å². The van der Waals surface area contributed by atoms with Crippen LogP contribution in [0.3, 0.4) is 0 Å². The Morgan fingerprint density at radius 2 is 0.952 bits per heavy atom. The molecule has 4 aliphatic heterocycles. The summed E-state index contributed by atoms with van der Waals surface area (Å²) >= 11 is 0. The van der Waals surface area contributed by atoms with Crippen molar-refractivity contribution in [2.45, 2.75) is 153 Å². The molecule has 0 aromatic heterocycles. The van der Waals surface area contributed by atoms with Gasteiger partial charge in [-0.1, -0.05) is 162 Å². The van der Waals surface area contributed by atoms with Crippen molar-refractivity contribution in [1.29, 1.82) is 0 Å². The average Bonchev–Trinajstić information content (AvgIpc) is 3.91. The molecule has 84 heavy (non-hydrogen) atoms. The van der Waals surface area contributed by atoms with Gasteiger partial charge in [0.05, 0.1) is 38.4 Å². The summed E-state index contributed by atoms with van der Waals surface area (Å²) in [4.78, 5) is 47.3. The zero-order chi connectivity index (χ0) is 58.8. The summed E-state index contributed by atoms with van der Waals surface area (Å²) in [7, 11) is 0. The van der Waals surface area contributed by atoms with E-state index in [2.05, 4.69) is 25.4 Å². The van der Waals surface area contributed by atoms with Crippen LogP contribution in [0.15, 0.2) is 162 Å². The zero-order valence-electron chi connectivity index (χ0n) is 47.0. The van der Waals surface area contributed by atoms with Crippen LogP contribution in [0.25, 0.3) is 20.9 Å². The van der Waals surface area contributed by atoms with Gasteiger partial charge >= 0.3 is 18.0 Å². The lowest BCUT2D eigenvalue weighted by Crippen LogP contribution is -2.69. The highest BCUT2D eigenvalue weighted by Crippen LogP contribution is 2.40. The van der Waals surface area contributed by atoms with Crippen molar-refractivity contribution in [1.82, 2.24) is 5.32 Å². The van der Waals surface area contributed by atoms with Crippen LogP contribution in [0.5, 0.6) is 0 Å². The van der Waals surface area contributed by atoms with Crippen LogP contribution in [-0.4, -0.2) is 130 Å². The molecule has 444 valence electrons. The van der Waals surface area contributed by atoms with Gasteiger partial charge in [-0.05, 0) is 59.7 Å². The number of esters is 2. The van der Waals surface area contributed by atoms with Gasteiger partial charge in [-0.3, -0.25) is 9.59 Å². The maximum atomic E-state index is 14.4. The maximum Gasteiger partial charge on any atom is 0.407 e. The third kappa shape index (κ3) is 16.4. The van der Waals surface area contributed by atoms with Gasteiger partial charge in [0, 0.05) is 16.7 Å². The van der Waals surface area contributed by atoms with Crippen LogP contribution in [0.2, 0.25) is 0 Å². The van der Waals surface area contributed by atoms with E-state index >= 15 is 0 Å². The van der Waals surface area contributed by atoms with Gasteiger partial charge in [-0.25, -0.2) is 4.79 Å². The van der Waals surface area contributed by atoms with E-state index in [0.29, 0.717) is 11.1 Å². The molecular weight excluding hydrogens is 1090 g/mol. The molecule has 4 heterocycles. The lowest BCUT2D eigenvalue weighted by Gasteiger charge is -2.50. The molecule has 4 fully saturated rings. The Kier molecular flexibility index (Phi) is 21.7. The van der Waals surface area contributed by atoms with Gasteiger partial charge in [0.1, 0.15) is 92.9 Å². The van der Waals surface area contributed by atoms with Crippen molar-refractivity contribution in [3.63, 3.8) is 0 Å². The fourth-order valence-electron chi connectivity index (χ4n) is 10.1. The number of benzene rings is 5. The third-order valence-electron chi connectivity index (χ3n) is 14.3. The van der Waals surface area contributed by atoms with E-state index in [1.807, 2.05) is 140 Å². The van der Waals surface area contributed by atoms with E-state index < -0.39 is 122 Å². The molecule has 23 nitrogen and oxygen atoms in total. The first-order chi connectivity index (χ1) is 40.8. The molecule has 23 heteroatoms. The lowest BCUT2D eigenvalue weighted by atomic mass is 9.93. The van der Waals surface area contributed by atoms with E-state index in [0.717, 1.165) is 16.7 Å². The zero-order valence-corrected chi connectivity index (χ0v) is 47.0. The molecule has 0 spiro atoms. The van der Waals surface area contributed by atoms with Crippen molar-refractivity contribution in [2.24, 2.45) is 15.6 Å². The summed E-state index contributed by atoms with van der Waals surface area (Å²) in [5.74, 6) is -1.23. The Labute approximate surface area is 486 Å². The Morgan fingerprint density at radius 3 is 1.45 bits per heavy atom. The number of nitrogens with one attached hydrogen (secondary N) is 1. The van der Waals surface area contributed by atoms with Crippen LogP contribution in [-0.2, 0) is 104 Å². The Morgan fingerprint density at radius 1 is 0.524 bits per heavy atom. The number of carbonyl (C=O) groups excluding carboxylic acids is 3. The first-order valence-electron chi connectivity index (χ1n) is 27.7. The molecule has 9 rings (SSSR count). The standard InChI is InChI=1S/C61H69N7O16/c1-38(69)72-35-45-51(55(76-33-42-26-16-8-17-27-42)49(66-68-63)58(82-45)84-52-46-36-77-56(80-46)48(65-67-62)54(52)75-32-41-24-14-7-15-25-41)83-57-47(64-60(71)79-34-43-28-18-9-19-29-43)53(74-31-40-22-12-6-13-23-40)50(73-30-39-20-10-5-11-21-39)44(81-57)37-78-59(70)61(2,3)4/h5-29,44-58H,30-37H2,1-4H3,(H,64,71)/t44-,45-,46-,47-,48-,49-,50-,51-,52-,53-,54-,55-,56-,57+,58+/m1/s1. The fraction of sp³-hybridized carbons (Fsp3) is 0.459. The summed E-state index contributed by atoms with van der Waals surface area (Å²) in [6.07, 6.45) is -15.5. The van der Waals surface area contributed by atoms with Crippen LogP contribution >= 0.6 is 0 Å². The number of hydrogen-bond donors (Lipinski definition) is 1. The largest absolute Gasteiger partial charge is 0.463 e. The summed E-state index contributed by atoms with van der Waals surface area (Å²) in [5.41, 5.74) is 23.2. The number of rotatable bonds is 25. The summed E-state index contributed by atoms with van der Waals surface area (Å²) < 4.78 is 84.7. The quantitative estimate of drug-likeness (QED) is 0.0187. The second-order valence-electron chi connectivity index (χ2n) is 21.5. The minimum atomic E-state index is -1.61. The number of ether oxygens (including phenoxy) is 13. The van der Waals surface area contributed by atoms with Gasteiger partial charge in [0.25, 0.3) is 0 Å². The van der Waals surface area contributed by atoms with Crippen LogP contribution in [0.1, 0.15) is 55.5 Å². The maximum absolute atomic E-state index is 14.4. The molecule has 15 atom stereocenters. The molecule has 2 bridgehead atoms. The van der Waals surface area contributed by atoms with Gasteiger partial charge < -0.3 is 66.9 Å². The number of azide groups is 2. The molecular formula is C61H69N7O16. The average molecular weight is 1160 g/mol. The summed E-state index contributed by atoms with van der Waals surface area (Å²) in [6, 6.07) is 42.5. The molecule has 4 saturated heterocycles. The molecule has 1 N–H and O–H groups in total. The van der Waals surface area contributed by atoms with Gasteiger partial charge in [0.15, 0.2) is 18.9 Å². The Bertz CT molecular complexity index is 2980. The van der Waals surface area contributed by atoms with E-state index in [4.69, 9.17) is 61.6 Å². The van der Waals surface area contributed by atoms with Crippen LogP contribution in [0.4, 0.5) is 4.79 Å². The lowest BCUT2D eigenvalue weighted by molar-refractivity contribution is -0.351. The predicted molar refractivity (Wildman–Crippen MR) is 298 cm³/mol. The highest BCUT2D eigenvalue weighted by atomic mass is 16.8. The first-order valence-corrected chi connectivity index (χ1v) is 27.7. The van der Waals surface area contributed by atoms with Crippen LogP contribution < -0.4 is 5.32 Å². The van der Waals surface area contributed by atoms with E-state index in [-0.39, 0.29) is 46.2 Å². The topological polar surface area (TPSA) is 281 Å². The highest BCUT2D eigenvalue weighted by molar-refractivity contribution is 5.75. The van der Waals surface area contributed by atoms with Gasteiger partial charge in [-0.15, -0.1) is 0 Å². The van der Waals surface area contributed by atoms with E-state index in [9.17, 15) is 25.4 Å². The number of fused-ring (bicyclic) bond motifs is 2. The second-order valence-corrected chi connectivity index (χ2v) is 21.5. The van der Waals surface area contributed by atoms with Crippen molar-refractivity contribution >= 4 is 18.0 Å². The molecule has 0 aliphatic carbocycles. The first kappa shape index (κ1) is 61.1. The van der Waals surface area contributed by atoms with Crippen molar-refractivity contribution in [3.8, 4) is 0 Å². The number of carbonyl (C=O) groups is 3. The Balaban J connectivity index is 1.13. The molecule has 5 aromatic rings. The van der Waals surface area contributed by atoms with Gasteiger partial charge in [-0.2, -0.15) is 0 Å². The smallest absolute Gasteiger partial charge is 0.407 e. The minimum Gasteiger partial charge on any atom is -0.463 e. The molecule has 0 saturated carbocycles. The third-order valence-corrected chi connectivity index (χ3v) is 14.3. The number of nitrogens with zero attached hydrogens (tertiary/aromatic N) is 6. The van der Waals surface area contributed by atoms with Crippen molar-refractivity contribution in [2.75, 3.05) is 19.8 Å². The molecule has 0 unspecified atom stereocenters. The monoisotopic (exact) mass is 1160 g/mol. The van der Waals surface area contributed by atoms with Crippen molar-refractivity contribution < 1.29 is 76.0 Å². The Hall–Kier alpha value is -7.47. The molecule has 1 amide bonds. The molecule has 4 aliphatic rings. The fourth-order valence-corrected chi connectivity index (χ4v) is 10.1. The normalized spacial score (nSPS) is 28.2. The summed E-state index contributed by atoms with van der Waals surface area (Å²) in [5, 5.41) is 11.3. The predicted octanol–water partition coefficient (Wildman–Crippen LogP) is 9.11. The van der Waals surface area contributed by atoms with E-state index in [1.54, 1.807) is 32.9 Å². The number of hydrogen-bond acceptors (Lipinski definition) is 18.